The van der Waals surface area contributed by atoms with E-state index in [2.05, 4.69) is 5.10 Å². The molecule has 0 spiro atoms. The van der Waals surface area contributed by atoms with Crippen LogP contribution in [0.4, 0.5) is 4.39 Å². The molecule has 0 fully saturated rings. The lowest BCUT2D eigenvalue weighted by Crippen LogP contribution is -2.28. The molecule has 1 aromatic heterocycles. The number of sulfone groups is 1. The van der Waals surface area contributed by atoms with Gasteiger partial charge in [-0.1, -0.05) is 18.2 Å². The van der Waals surface area contributed by atoms with E-state index in [1.165, 1.54) is 62.5 Å². The van der Waals surface area contributed by atoms with Crippen LogP contribution in [0.5, 0.6) is 5.75 Å². The molecule has 0 unspecified atom stereocenters. The molecule has 13 heteroatoms. The highest BCUT2D eigenvalue weighted by molar-refractivity contribution is 7.90. The molecule has 0 saturated heterocycles. The molecule has 2 aromatic carbocycles. The van der Waals surface area contributed by atoms with Gasteiger partial charge in [-0.25, -0.2) is 17.4 Å². The third-order valence-corrected chi connectivity index (χ3v) is 6.76. The topological polar surface area (TPSA) is 145 Å². The van der Waals surface area contributed by atoms with Crippen LogP contribution < -0.4 is 10.3 Å². The van der Waals surface area contributed by atoms with E-state index in [1.54, 1.807) is 0 Å². The number of rotatable bonds is 9. The molecule has 1 heterocycles. The lowest BCUT2D eigenvalue weighted by atomic mass is 10.1. The minimum Gasteiger partial charge on any atom is -0.487 e. The largest absolute Gasteiger partial charge is 0.487 e. The molecule has 10 nitrogen and oxygen atoms in total. The summed E-state index contributed by atoms with van der Waals surface area (Å²) in [5.41, 5.74) is -1.14. The van der Waals surface area contributed by atoms with Gasteiger partial charge in [0.1, 0.15) is 5.82 Å². The molecular weight excluding hydrogens is 502 g/mol. The van der Waals surface area contributed by atoms with Crippen LogP contribution in [0, 0.1) is 5.82 Å². The van der Waals surface area contributed by atoms with Crippen LogP contribution in [0.1, 0.15) is 20.3 Å². The van der Waals surface area contributed by atoms with Crippen LogP contribution in [-0.4, -0.2) is 46.4 Å². The minimum atomic E-state index is -4.75. The van der Waals surface area contributed by atoms with Gasteiger partial charge in [0.05, 0.1) is 29.0 Å². The number of phosphoric acid groups is 1. The Bertz CT molecular complexity index is 1430. The fourth-order valence-corrected chi connectivity index (χ4v) is 4.59. The van der Waals surface area contributed by atoms with E-state index >= 15 is 0 Å². The predicted molar refractivity (Wildman–Crippen MR) is 126 cm³/mol. The molecule has 188 valence electrons. The molecular formula is C22H24FN2O8PS. The number of hydrogen-bond acceptors (Lipinski definition) is 7. The van der Waals surface area contributed by atoms with Crippen molar-refractivity contribution < 1.29 is 36.4 Å². The van der Waals surface area contributed by atoms with Gasteiger partial charge < -0.3 is 14.5 Å². The second kappa shape index (κ2) is 10.00. The van der Waals surface area contributed by atoms with Crippen molar-refractivity contribution in [3.63, 3.8) is 0 Å². The van der Waals surface area contributed by atoms with Crippen molar-refractivity contribution in [2.24, 2.45) is 0 Å². The van der Waals surface area contributed by atoms with Crippen molar-refractivity contribution in [2.75, 3.05) is 12.9 Å². The lowest BCUT2D eigenvalue weighted by Gasteiger charge is -2.25. The second-order valence-corrected chi connectivity index (χ2v) is 11.5. The normalized spacial score (nSPS) is 12.5. The molecule has 0 bridgehead atoms. The molecule has 0 aliphatic heterocycles. The summed E-state index contributed by atoms with van der Waals surface area (Å²) >= 11 is 0. The fraction of sp³-hybridized carbons (Fsp3) is 0.273. The zero-order valence-electron chi connectivity index (χ0n) is 19.1. The highest BCUT2D eigenvalue weighted by Gasteiger charge is 2.29. The van der Waals surface area contributed by atoms with Crippen molar-refractivity contribution in [3.8, 4) is 22.6 Å². The first-order valence-corrected chi connectivity index (χ1v) is 13.7. The van der Waals surface area contributed by atoms with Gasteiger partial charge in [-0.05, 0) is 49.7 Å². The van der Waals surface area contributed by atoms with Gasteiger partial charge in [0.25, 0.3) is 0 Å². The molecule has 35 heavy (non-hydrogen) atoms. The summed E-state index contributed by atoms with van der Waals surface area (Å²) in [5.74, 6) is -0.737. The van der Waals surface area contributed by atoms with E-state index in [4.69, 9.17) is 19.0 Å². The quantitative estimate of drug-likeness (QED) is 0.402. The van der Waals surface area contributed by atoms with Crippen molar-refractivity contribution in [1.29, 1.82) is 0 Å². The smallest absolute Gasteiger partial charge is 0.470 e. The number of hydrogen-bond donors (Lipinski definition) is 2. The summed E-state index contributed by atoms with van der Waals surface area (Å²) in [6.45, 7) is 2.75. The van der Waals surface area contributed by atoms with Gasteiger partial charge in [-0.15, -0.1) is 0 Å². The standard InChI is InChI=1S/C22H24FN2O8PS/c1-22(2,33-34(27,28)29)11-12-32-20-19(15-7-9-18(10-8-15)35(3,30)31)14-24-25(21(20)26)17-6-4-5-16(23)13-17/h4-10,13-14H,11-12H2,1-3H3,(H2,27,28,29). The molecule has 0 atom stereocenters. The minimum absolute atomic E-state index is 0.00624. The molecule has 0 aliphatic rings. The van der Waals surface area contributed by atoms with Gasteiger partial charge in [-0.2, -0.15) is 9.78 Å². The first kappa shape index (κ1) is 26.7. The van der Waals surface area contributed by atoms with E-state index in [9.17, 15) is 22.2 Å². The van der Waals surface area contributed by atoms with Crippen LogP contribution >= 0.6 is 7.82 Å². The Labute approximate surface area is 201 Å². The van der Waals surface area contributed by atoms with Crippen molar-refractivity contribution in [1.82, 2.24) is 9.78 Å². The van der Waals surface area contributed by atoms with Crippen LogP contribution in [0.15, 0.2) is 64.4 Å². The van der Waals surface area contributed by atoms with Crippen LogP contribution in [0.25, 0.3) is 16.8 Å². The molecule has 3 aromatic rings. The van der Waals surface area contributed by atoms with Crippen molar-refractivity contribution in [2.45, 2.75) is 30.8 Å². The maximum absolute atomic E-state index is 13.7. The van der Waals surface area contributed by atoms with Crippen LogP contribution in [0.2, 0.25) is 0 Å². The monoisotopic (exact) mass is 526 g/mol. The summed E-state index contributed by atoms with van der Waals surface area (Å²) in [7, 11) is -8.19. The second-order valence-electron chi connectivity index (χ2n) is 8.32. The third-order valence-electron chi connectivity index (χ3n) is 4.90. The SMILES string of the molecule is CC(C)(CCOc1c(-c2ccc(S(C)(=O)=O)cc2)cnn(-c2cccc(F)c2)c1=O)OP(=O)(O)O. The van der Waals surface area contributed by atoms with E-state index in [0.717, 1.165) is 17.0 Å². The van der Waals surface area contributed by atoms with Crippen LogP contribution in [0.3, 0.4) is 0 Å². The third kappa shape index (κ3) is 7.06. The summed E-state index contributed by atoms with van der Waals surface area (Å²) in [6, 6.07) is 11.0. The lowest BCUT2D eigenvalue weighted by molar-refractivity contribution is 0.0461. The Morgan fingerprint density at radius 3 is 2.37 bits per heavy atom. The van der Waals surface area contributed by atoms with Gasteiger partial charge >= 0.3 is 13.4 Å². The number of phosphoric ester groups is 1. The van der Waals surface area contributed by atoms with Gasteiger partial charge in [0.2, 0.25) is 0 Å². The molecule has 3 rings (SSSR count). The van der Waals surface area contributed by atoms with Crippen molar-refractivity contribution >= 4 is 17.7 Å². The highest BCUT2D eigenvalue weighted by Crippen LogP contribution is 2.42. The van der Waals surface area contributed by atoms with E-state index in [-0.39, 0.29) is 34.9 Å². The Morgan fingerprint density at radius 2 is 1.80 bits per heavy atom. The Kier molecular flexibility index (Phi) is 7.63. The van der Waals surface area contributed by atoms with Gasteiger partial charge in [0.15, 0.2) is 15.6 Å². The molecule has 2 N–H and O–H groups in total. The molecule has 0 saturated carbocycles. The zero-order chi connectivity index (χ0) is 26.0. The first-order chi connectivity index (χ1) is 16.2. The Morgan fingerprint density at radius 1 is 1.14 bits per heavy atom. The number of ether oxygens (including phenoxy) is 1. The predicted octanol–water partition coefficient (Wildman–Crippen LogP) is 3.10. The number of aromatic nitrogens is 2. The van der Waals surface area contributed by atoms with E-state index in [1.807, 2.05) is 0 Å². The molecule has 0 radical (unpaired) electrons. The summed E-state index contributed by atoms with van der Waals surface area (Å²) in [5, 5.41) is 4.11. The number of halogens is 1. The fourth-order valence-electron chi connectivity index (χ4n) is 3.22. The summed E-state index contributed by atoms with van der Waals surface area (Å²) in [6.07, 6.45) is 2.40. The average Bonchev–Trinajstić information content (AvgIpc) is 2.72. The first-order valence-electron chi connectivity index (χ1n) is 10.2. The van der Waals surface area contributed by atoms with Gasteiger partial charge in [0, 0.05) is 18.2 Å². The van der Waals surface area contributed by atoms with Gasteiger partial charge in [-0.3, -0.25) is 9.32 Å². The highest BCUT2D eigenvalue weighted by atomic mass is 32.2. The molecule has 0 aliphatic carbocycles. The Hall–Kier alpha value is -2.89. The Balaban J connectivity index is 2.02. The van der Waals surface area contributed by atoms with E-state index in [0.29, 0.717) is 5.56 Å². The van der Waals surface area contributed by atoms with Crippen LogP contribution in [-0.2, 0) is 18.9 Å². The van der Waals surface area contributed by atoms with Crippen molar-refractivity contribution in [3.05, 3.63) is 70.9 Å². The number of nitrogens with zero attached hydrogens (tertiary/aromatic N) is 2. The summed E-state index contributed by atoms with van der Waals surface area (Å²) < 4.78 is 59.9. The average molecular weight is 526 g/mol. The zero-order valence-corrected chi connectivity index (χ0v) is 20.8. The molecule has 0 amide bonds. The summed E-state index contributed by atoms with van der Waals surface area (Å²) in [4.78, 5) is 31.5. The number of benzene rings is 2. The van der Waals surface area contributed by atoms with E-state index < -0.39 is 34.6 Å². The maximum Gasteiger partial charge on any atom is 0.470 e. The maximum atomic E-state index is 13.7.